The standard InChI is InChI=1S/C24H25FN2O4S/c1-4-23(31-20-10-6-18(25)7-11-20)24(28)26-19-8-12-21(13-9-19)32(29,30)27-22-14-5-16(2)15-17(22)3/h5-15,23,27H,4H2,1-3H3,(H,26,28)/t23-/m0/s1. The molecule has 8 heteroatoms. The van der Waals surface area contributed by atoms with Gasteiger partial charge in [-0.2, -0.15) is 0 Å². The first-order valence-electron chi connectivity index (χ1n) is 10.1. The van der Waals surface area contributed by atoms with E-state index in [2.05, 4.69) is 10.0 Å². The molecule has 0 unspecified atom stereocenters. The van der Waals surface area contributed by atoms with Crippen LogP contribution in [-0.4, -0.2) is 20.4 Å². The molecule has 0 aliphatic rings. The molecule has 3 rings (SSSR count). The summed E-state index contributed by atoms with van der Waals surface area (Å²) in [7, 11) is -3.78. The number of hydrogen-bond acceptors (Lipinski definition) is 4. The fraction of sp³-hybridized carbons (Fsp3) is 0.208. The third kappa shape index (κ3) is 5.85. The fourth-order valence-electron chi connectivity index (χ4n) is 3.07. The molecule has 0 aliphatic heterocycles. The van der Waals surface area contributed by atoms with E-state index in [-0.39, 0.29) is 10.8 Å². The molecule has 0 radical (unpaired) electrons. The van der Waals surface area contributed by atoms with Crippen molar-refractivity contribution in [2.75, 3.05) is 10.0 Å². The van der Waals surface area contributed by atoms with Crippen LogP contribution in [0, 0.1) is 19.7 Å². The van der Waals surface area contributed by atoms with Gasteiger partial charge in [-0.05, 0) is 80.4 Å². The summed E-state index contributed by atoms with van der Waals surface area (Å²) in [6.07, 6.45) is -0.384. The Morgan fingerprint density at radius 3 is 2.25 bits per heavy atom. The van der Waals surface area contributed by atoms with Gasteiger partial charge < -0.3 is 10.1 Å². The molecule has 0 bridgehead atoms. The zero-order valence-electron chi connectivity index (χ0n) is 18.1. The third-order valence-corrected chi connectivity index (χ3v) is 6.19. The predicted molar refractivity (Wildman–Crippen MR) is 123 cm³/mol. The number of sulfonamides is 1. The molecule has 0 aliphatic carbocycles. The molecule has 168 valence electrons. The van der Waals surface area contributed by atoms with Crippen molar-refractivity contribution in [2.24, 2.45) is 0 Å². The van der Waals surface area contributed by atoms with E-state index >= 15 is 0 Å². The van der Waals surface area contributed by atoms with Gasteiger partial charge in [0.1, 0.15) is 11.6 Å². The van der Waals surface area contributed by atoms with E-state index in [0.717, 1.165) is 11.1 Å². The monoisotopic (exact) mass is 456 g/mol. The largest absolute Gasteiger partial charge is 0.481 e. The van der Waals surface area contributed by atoms with Crippen LogP contribution in [-0.2, 0) is 14.8 Å². The van der Waals surface area contributed by atoms with E-state index in [1.54, 1.807) is 13.0 Å². The summed E-state index contributed by atoms with van der Waals surface area (Å²) in [5, 5.41) is 2.72. The number of anilines is 2. The second-order valence-corrected chi connectivity index (χ2v) is 9.09. The maximum atomic E-state index is 13.0. The van der Waals surface area contributed by atoms with Gasteiger partial charge in [-0.3, -0.25) is 9.52 Å². The maximum absolute atomic E-state index is 13.0. The highest BCUT2D eigenvalue weighted by atomic mass is 32.2. The van der Waals surface area contributed by atoms with Crippen molar-refractivity contribution in [1.29, 1.82) is 0 Å². The normalized spacial score (nSPS) is 12.1. The van der Waals surface area contributed by atoms with Crippen molar-refractivity contribution < 1.29 is 22.3 Å². The minimum Gasteiger partial charge on any atom is -0.481 e. The number of benzene rings is 3. The first-order valence-corrected chi connectivity index (χ1v) is 11.6. The Morgan fingerprint density at radius 1 is 1.00 bits per heavy atom. The van der Waals surface area contributed by atoms with Gasteiger partial charge in [-0.25, -0.2) is 12.8 Å². The highest BCUT2D eigenvalue weighted by Crippen LogP contribution is 2.22. The Morgan fingerprint density at radius 2 is 1.66 bits per heavy atom. The summed E-state index contributed by atoms with van der Waals surface area (Å²) in [5.74, 6) is -0.398. The van der Waals surface area contributed by atoms with Crippen LogP contribution in [0.1, 0.15) is 24.5 Å². The summed E-state index contributed by atoms with van der Waals surface area (Å²) >= 11 is 0. The Bertz CT molecular complexity index is 1190. The first-order chi connectivity index (χ1) is 15.2. The summed E-state index contributed by atoms with van der Waals surface area (Å²) < 4.78 is 46.7. The van der Waals surface area contributed by atoms with Gasteiger partial charge in [-0.15, -0.1) is 0 Å². The molecular weight excluding hydrogens is 431 g/mol. The van der Waals surface area contributed by atoms with Crippen LogP contribution < -0.4 is 14.8 Å². The van der Waals surface area contributed by atoms with Crippen molar-refractivity contribution in [1.82, 2.24) is 0 Å². The van der Waals surface area contributed by atoms with E-state index in [1.165, 1.54) is 48.5 Å². The number of ether oxygens (including phenoxy) is 1. The van der Waals surface area contributed by atoms with E-state index in [1.807, 2.05) is 26.0 Å². The van der Waals surface area contributed by atoms with E-state index < -0.39 is 21.9 Å². The summed E-state index contributed by atoms with van der Waals surface area (Å²) in [5.41, 5.74) is 2.81. The van der Waals surface area contributed by atoms with Crippen LogP contribution in [0.2, 0.25) is 0 Å². The van der Waals surface area contributed by atoms with E-state index in [9.17, 15) is 17.6 Å². The quantitative estimate of drug-likeness (QED) is 0.497. The number of amides is 1. The SMILES string of the molecule is CC[C@H](Oc1ccc(F)cc1)C(=O)Nc1ccc(S(=O)(=O)Nc2ccc(C)cc2C)cc1. The van der Waals surface area contributed by atoms with Crippen LogP contribution in [0.3, 0.4) is 0 Å². The molecule has 1 atom stereocenters. The lowest BCUT2D eigenvalue weighted by atomic mass is 10.1. The van der Waals surface area contributed by atoms with Crippen molar-refractivity contribution in [2.45, 2.75) is 38.2 Å². The number of carbonyl (C=O) groups is 1. The van der Waals surface area contributed by atoms with Gasteiger partial charge in [0.2, 0.25) is 0 Å². The first kappa shape index (κ1) is 23.3. The van der Waals surface area contributed by atoms with E-state index in [4.69, 9.17) is 4.74 Å². The zero-order chi connectivity index (χ0) is 23.3. The number of carbonyl (C=O) groups excluding carboxylic acids is 1. The Labute approximate surface area is 187 Å². The molecule has 0 saturated carbocycles. The van der Waals surface area contributed by atoms with Crippen molar-refractivity contribution in [3.8, 4) is 5.75 Å². The minimum absolute atomic E-state index is 0.0741. The van der Waals surface area contributed by atoms with Gasteiger partial charge in [0, 0.05) is 5.69 Å². The fourth-order valence-corrected chi connectivity index (χ4v) is 4.20. The molecular formula is C24H25FN2O4S. The average molecular weight is 457 g/mol. The topological polar surface area (TPSA) is 84.5 Å². The van der Waals surface area contributed by atoms with Gasteiger partial charge in [0.15, 0.2) is 6.10 Å². The highest BCUT2D eigenvalue weighted by Gasteiger charge is 2.20. The number of nitrogens with one attached hydrogen (secondary N) is 2. The smallest absolute Gasteiger partial charge is 0.265 e. The molecule has 0 spiro atoms. The van der Waals surface area contributed by atoms with Crippen LogP contribution in [0.25, 0.3) is 0 Å². The molecule has 2 N–H and O–H groups in total. The summed E-state index contributed by atoms with van der Waals surface area (Å²) in [4.78, 5) is 12.6. The molecule has 3 aromatic carbocycles. The molecule has 1 amide bonds. The number of halogens is 1. The zero-order valence-corrected chi connectivity index (χ0v) is 18.9. The van der Waals surface area contributed by atoms with Gasteiger partial charge >= 0.3 is 0 Å². The number of rotatable bonds is 8. The second-order valence-electron chi connectivity index (χ2n) is 7.41. The molecule has 0 saturated heterocycles. The van der Waals surface area contributed by atoms with Crippen LogP contribution in [0.4, 0.5) is 15.8 Å². The van der Waals surface area contributed by atoms with Crippen LogP contribution in [0.15, 0.2) is 71.6 Å². The molecule has 0 fully saturated rings. The lowest BCUT2D eigenvalue weighted by Gasteiger charge is -2.17. The molecule has 3 aromatic rings. The highest BCUT2D eigenvalue weighted by molar-refractivity contribution is 7.92. The summed E-state index contributed by atoms with van der Waals surface area (Å²) in [6, 6.07) is 16.7. The average Bonchev–Trinajstić information content (AvgIpc) is 2.75. The third-order valence-electron chi connectivity index (χ3n) is 4.81. The Hall–Kier alpha value is -3.39. The molecule has 0 aromatic heterocycles. The Balaban J connectivity index is 1.67. The van der Waals surface area contributed by atoms with Crippen molar-refractivity contribution in [3.05, 3.63) is 83.7 Å². The lowest BCUT2D eigenvalue weighted by molar-refractivity contribution is -0.122. The predicted octanol–water partition coefficient (Wildman–Crippen LogP) is 5.04. The molecule has 6 nitrogen and oxygen atoms in total. The number of hydrogen-bond donors (Lipinski definition) is 2. The lowest BCUT2D eigenvalue weighted by Crippen LogP contribution is -2.32. The van der Waals surface area contributed by atoms with E-state index in [0.29, 0.717) is 23.5 Å². The van der Waals surface area contributed by atoms with Crippen molar-refractivity contribution in [3.63, 3.8) is 0 Å². The minimum atomic E-state index is -3.78. The number of aryl methyl sites for hydroxylation is 2. The Kier molecular flexibility index (Phi) is 7.15. The molecule has 0 heterocycles. The maximum Gasteiger partial charge on any atom is 0.265 e. The summed E-state index contributed by atoms with van der Waals surface area (Å²) in [6.45, 7) is 5.57. The second kappa shape index (κ2) is 9.82. The van der Waals surface area contributed by atoms with Gasteiger partial charge in [0.05, 0.1) is 10.6 Å². The van der Waals surface area contributed by atoms with Crippen LogP contribution in [0.5, 0.6) is 5.75 Å². The van der Waals surface area contributed by atoms with Gasteiger partial charge in [0.25, 0.3) is 15.9 Å². The van der Waals surface area contributed by atoms with Crippen molar-refractivity contribution >= 4 is 27.3 Å². The van der Waals surface area contributed by atoms with Crippen LogP contribution >= 0.6 is 0 Å². The van der Waals surface area contributed by atoms with Gasteiger partial charge in [-0.1, -0.05) is 24.6 Å². The molecule has 32 heavy (non-hydrogen) atoms.